The van der Waals surface area contributed by atoms with Gasteiger partial charge in [0.25, 0.3) is 0 Å². The second-order valence-electron chi connectivity index (χ2n) is 4.85. The van der Waals surface area contributed by atoms with Crippen LogP contribution in [0.15, 0.2) is 5.38 Å². The number of nitrogens with one attached hydrogen (secondary N) is 1. The van der Waals surface area contributed by atoms with E-state index in [4.69, 9.17) is 0 Å². The van der Waals surface area contributed by atoms with Crippen molar-refractivity contribution < 1.29 is 0 Å². The van der Waals surface area contributed by atoms with E-state index in [9.17, 15) is 0 Å². The van der Waals surface area contributed by atoms with Crippen LogP contribution in [0.3, 0.4) is 0 Å². The van der Waals surface area contributed by atoms with E-state index in [1.54, 1.807) is 11.3 Å². The maximum Gasteiger partial charge on any atom is 0.0897 e. The molecule has 0 aromatic carbocycles. The third-order valence-electron chi connectivity index (χ3n) is 3.33. The van der Waals surface area contributed by atoms with E-state index in [0.29, 0.717) is 6.04 Å². The van der Waals surface area contributed by atoms with E-state index in [0.717, 1.165) is 19.5 Å². The Bertz CT molecular complexity index is 335. The Hall–Kier alpha value is -0.450. The van der Waals surface area contributed by atoms with Crippen molar-refractivity contribution in [2.24, 2.45) is 0 Å². The molecule has 4 heteroatoms. The molecule has 1 aliphatic heterocycles. The minimum absolute atomic E-state index is 0.700. The Morgan fingerprint density at radius 2 is 2.47 bits per heavy atom. The lowest BCUT2D eigenvalue weighted by Gasteiger charge is -2.33. The van der Waals surface area contributed by atoms with E-state index < -0.39 is 0 Å². The summed E-state index contributed by atoms with van der Waals surface area (Å²) in [6.45, 7) is 9.03. The van der Waals surface area contributed by atoms with E-state index in [-0.39, 0.29) is 0 Å². The molecular formula is C13H23N3S. The van der Waals surface area contributed by atoms with Gasteiger partial charge in [-0.2, -0.15) is 0 Å². The zero-order valence-corrected chi connectivity index (χ0v) is 11.7. The average molecular weight is 253 g/mol. The van der Waals surface area contributed by atoms with Crippen LogP contribution < -0.4 is 5.32 Å². The standard InChI is InChI=1S/C13H23N3S/c1-3-4-12-9-16(8-6-14-12)7-5-13-10-17-11(2)15-13/h10,12,14H,3-9H2,1-2H3. The number of hydrogen-bond donors (Lipinski definition) is 1. The summed E-state index contributed by atoms with van der Waals surface area (Å²) in [6.07, 6.45) is 3.67. The third-order valence-corrected chi connectivity index (χ3v) is 4.15. The van der Waals surface area contributed by atoms with Crippen molar-refractivity contribution in [3.63, 3.8) is 0 Å². The van der Waals surface area contributed by atoms with Gasteiger partial charge in [-0.1, -0.05) is 13.3 Å². The van der Waals surface area contributed by atoms with Gasteiger partial charge in [0.05, 0.1) is 10.7 Å². The van der Waals surface area contributed by atoms with Gasteiger partial charge < -0.3 is 10.2 Å². The van der Waals surface area contributed by atoms with Crippen LogP contribution >= 0.6 is 11.3 Å². The lowest BCUT2D eigenvalue weighted by atomic mass is 10.1. The number of piperazine rings is 1. The molecule has 0 amide bonds. The summed E-state index contributed by atoms with van der Waals surface area (Å²) in [4.78, 5) is 7.10. The Kier molecular flexibility index (Phi) is 4.95. The van der Waals surface area contributed by atoms with Gasteiger partial charge in [-0.25, -0.2) is 4.98 Å². The molecule has 1 N–H and O–H groups in total. The van der Waals surface area contributed by atoms with E-state index in [1.807, 2.05) is 0 Å². The van der Waals surface area contributed by atoms with Crippen molar-refractivity contribution >= 4 is 11.3 Å². The molecule has 1 fully saturated rings. The molecule has 0 bridgehead atoms. The van der Waals surface area contributed by atoms with Crippen LogP contribution in [-0.2, 0) is 6.42 Å². The Morgan fingerprint density at radius 3 is 3.18 bits per heavy atom. The number of aromatic nitrogens is 1. The van der Waals surface area contributed by atoms with Gasteiger partial charge in [0.1, 0.15) is 0 Å². The van der Waals surface area contributed by atoms with Gasteiger partial charge >= 0.3 is 0 Å². The zero-order valence-electron chi connectivity index (χ0n) is 10.9. The van der Waals surface area contributed by atoms with Gasteiger partial charge in [0.2, 0.25) is 0 Å². The van der Waals surface area contributed by atoms with Crippen molar-refractivity contribution in [2.45, 2.75) is 39.2 Å². The second kappa shape index (κ2) is 6.47. The highest BCUT2D eigenvalue weighted by Crippen LogP contribution is 2.10. The monoisotopic (exact) mass is 253 g/mol. The lowest BCUT2D eigenvalue weighted by Crippen LogP contribution is -2.50. The fraction of sp³-hybridized carbons (Fsp3) is 0.769. The zero-order chi connectivity index (χ0) is 12.1. The molecule has 0 radical (unpaired) electrons. The van der Waals surface area contributed by atoms with Gasteiger partial charge in [-0.3, -0.25) is 0 Å². The molecule has 17 heavy (non-hydrogen) atoms. The highest BCUT2D eigenvalue weighted by atomic mass is 32.1. The first-order chi connectivity index (χ1) is 8.28. The van der Waals surface area contributed by atoms with Crippen molar-refractivity contribution in [3.8, 4) is 0 Å². The fourth-order valence-corrected chi connectivity index (χ4v) is 3.08. The third kappa shape index (κ3) is 4.05. The van der Waals surface area contributed by atoms with E-state index in [2.05, 4.69) is 34.4 Å². The van der Waals surface area contributed by atoms with Crippen LogP contribution in [0.1, 0.15) is 30.5 Å². The normalized spacial score (nSPS) is 21.9. The van der Waals surface area contributed by atoms with Crippen LogP contribution in [0.4, 0.5) is 0 Å². The van der Waals surface area contributed by atoms with Crippen LogP contribution in [0.5, 0.6) is 0 Å². The molecule has 1 aliphatic rings. The fourth-order valence-electron chi connectivity index (χ4n) is 2.43. The Labute approximate surface area is 108 Å². The number of nitrogens with zero attached hydrogens (tertiary/aromatic N) is 2. The summed E-state index contributed by atoms with van der Waals surface area (Å²) in [7, 11) is 0. The topological polar surface area (TPSA) is 28.2 Å². The molecule has 1 unspecified atom stereocenters. The Morgan fingerprint density at radius 1 is 1.59 bits per heavy atom. The first-order valence-corrected chi connectivity index (χ1v) is 7.52. The quantitative estimate of drug-likeness (QED) is 0.871. The van der Waals surface area contributed by atoms with Gasteiger partial charge in [-0.15, -0.1) is 11.3 Å². The number of aryl methyl sites for hydroxylation is 1. The molecule has 0 saturated carbocycles. The molecule has 2 heterocycles. The first kappa shape index (κ1) is 13.0. The summed E-state index contributed by atoms with van der Waals surface area (Å²) in [5, 5.41) is 6.98. The molecule has 3 nitrogen and oxygen atoms in total. The smallest absolute Gasteiger partial charge is 0.0897 e. The van der Waals surface area contributed by atoms with Crippen molar-refractivity contribution in [1.82, 2.24) is 15.2 Å². The predicted octanol–water partition coefficient (Wildman–Crippen LogP) is 2.07. The molecule has 0 spiro atoms. The maximum atomic E-state index is 4.53. The predicted molar refractivity (Wildman–Crippen MR) is 73.7 cm³/mol. The van der Waals surface area contributed by atoms with Crippen molar-refractivity contribution in [3.05, 3.63) is 16.1 Å². The largest absolute Gasteiger partial charge is 0.311 e. The summed E-state index contributed by atoms with van der Waals surface area (Å²) in [5.41, 5.74) is 1.26. The summed E-state index contributed by atoms with van der Waals surface area (Å²) in [5.74, 6) is 0. The van der Waals surface area contributed by atoms with Crippen LogP contribution in [0, 0.1) is 6.92 Å². The lowest BCUT2D eigenvalue weighted by molar-refractivity contribution is 0.195. The number of rotatable bonds is 5. The maximum absolute atomic E-state index is 4.53. The molecule has 1 saturated heterocycles. The molecular weight excluding hydrogens is 230 g/mol. The highest BCUT2D eigenvalue weighted by Gasteiger charge is 2.18. The summed E-state index contributed by atoms with van der Waals surface area (Å²) in [6, 6.07) is 0.700. The second-order valence-corrected chi connectivity index (χ2v) is 5.91. The minimum atomic E-state index is 0.700. The van der Waals surface area contributed by atoms with Gasteiger partial charge in [-0.05, 0) is 13.3 Å². The summed E-state index contributed by atoms with van der Waals surface area (Å²) >= 11 is 1.76. The first-order valence-electron chi connectivity index (χ1n) is 6.64. The molecule has 1 aromatic rings. The number of hydrogen-bond acceptors (Lipinski definition) is 4. The van der Waals surface area contributed by atoms with Crippen LogP contribution in [0.25, 0.3) is 0 Å². The van der Waals surface area contributed by atoms with Crippen molar-refractivity contribution in [2.75, 3.05) is 26.2 Å². The SMILES string of the molecule is CCCC1CN(CCc2csc(C)n2)CCN1. The Balaban J connectivity index is 1.75. The van der Waals surface area contributed by atoms with E-state index >= 15 is 0 Å². The van der Waals surface area contributed by atoms with E-state index in [1.165, 1.54) is 36.6 Å². The highest BCUT2D eigenvalue weighted by molar-refractivity contribution is 7.09. The van der Waals surface area contributed by atoms with Crippen LogP contribution in [-0.4, -0.2) is 42.1 Å². The molecule has 0 aliphatic carbocycles. The number of thiazole rings is 1. The minimum Gasteiger partial charge on any atom is -0.311 e. The van der Waals surface area contributed by atoms with Crippen LogP contribution in [0.2, 0.25) is 0 Å². The van der Waals surface area contributed by atoms with Gasteiger partial charge in [0.15, 0.2) is 0 Å². The van der Waals surface area contributed by atoms with Crippen molar-refractivity contribution in [1.29, 1.82) is 0 Å². The average Bonchev–Trinajstić information content (AvgIpc) is 2.74. The van der Waals surface area contributed by atoms with Gasteiger partial charge in [0, 0.05) is 44.0 Å². The summed E-state index contributed by atoms with van der Waals surface area (Å²) < 4.78 is 0. The molecule has 96 valence electrons. The molecule has 2 rings (SSSR count). The molecule has 1 atom stereocenters. The molecule has 1 aromatic heterocycles.